The van der Waals surface area contributed by atoms with E-state index in [-0.39, 0.29) is 52.3 Å². The molecule has 3 N–H and O–H groups in total. The van der Waals surface area contributed by atoms with Crippen molar-refractivity contribution in [3.8, 4) is 5.75 Å². The summed E-state index contributed by atoms with van der Waals surface area (Å²) in [6.07, 6.45) is 5.37. The number of imide groups is 1. The summed E-state index contributed by atoms with van der Waals surface area (Å²) in [6, 6.07) is 8.42. The van der Waals surface area contributed by atoms with Crippen LogP contribution in [0.15, 0.2) is 47.1 Å². The average molecular weight is 497 g/mol. The number of rotatable bonds is 8. The maximum Gasteiger partial charge on any atom is 0.279 e. The van der Waals surface area contributed by atoms with Crippen LogP contribution in [-0.2, 0) is 9.59 Å². The number of aromatic hydroxyl groups is 1. The van der Waals surface area contributed by atoms with Crippen molar-refractivity contribution >= 4 is 34.7 Å². The zero-order chi connectivity index (χ0) is 25.1. The van der Waals surface area contributed by atoms with E-state index in [1.54, 1.807) is 37.6 Å². The zero-order valence-corrected chi connectivity index (χ0v) is 21.2. The third-order valence-electron chi connectivity index (χ3n) is 6.60. The number of hydrogen-bond donors (Lipinski definition) is 3. The summed E-state index contributed by atoms with van der Waals surface area (Å²) in [4.78, 5) is 43.5. The smallest absolute Gasteiger partial charge is 0.279 e. The molecule has 2 aliphatic rings. The lowest BCUT2D eigenvalue weighted by Crippen LogP contribution is -2.43. The SMILES string of the molecule is CC[C@@H](NC1=C(Nc2cccc(C(=O)N(C)C)c2O)C(=O)N(C2CCCCC2)C1=O)c1cccs1. The molecule has 1 aromatic heterocycles. The number of phenols is 1. The van der Waals surface area contributed by atoms with E-state index in [4.69, 9.17) is 0 Å². The van der Waals surface area contributed by atoms with Gasteiger partial charge in [0.05, 0.1) is 17.3 Å². The molecule has 0 bridgehead atoms. The molecule has 1 aromatic carbocycles. The maximum absolute atomic E-state index is 13.6. The van der Waals surface area contributed by atoms with Crippen molar-refractivity contribution in [2.45, 2.75) is 57.5 Å². The molecule has 0 unspecified atom stereocenters. The van der Waals surface area contributed by atoms with Gasteiger partial charge in [-0.05, 0) is 42.8 Å². The van der Waals surface area contributed by atoms with Crippen LogP contribution in [0.2, 0.25) is 0 Å². The number of carbonyl (C=O) groups excluding carboxylic acids is 3. The van der Waals surface area contributed by atoms with Gasteiger partial charge in [-0.3, -0.25) is 19.3 Å². The molecule has 0 saturated heterocycles. The van der Waals surface area contributed by atoms with E-state index in [9.17, 15) is 19.5 Å². The number of anilines is 1. The summed E-state index contributed by atoms with van der Waals surface area (Å²) >= 11 is 1.59. The van der Waals surface area contributed by atoms with E-state index < -0.39 is 5.91 Å². The summed E-state index contributed by atoms with van der Waals surface area (Å²) in [5.41, 5.74) is 0.605. The zero-order valence-electron chi connectivity index (χ0n) is 20.3. The Morgan fingerprint density at radius 1 is 1.11 bits per heavy atom. The number of benzene rings is 1. The molecule has 8 nitrogen and oxygen atoms in total. The van der Waals surface area contributed by atoms with E-state index in [0.717, 1.165) is 43.4 Å². The molecule has 1 aliphatic carbocycles. The standard InChI is InChI=1S/C26H32N4O4S/c1-4-18(20-14-9-15-35-20)27-21-22(26(34)30(25(21)33)16-10-6-5-7-11-16)28-19-13-8-12-17(23(19)31)24(32)29(2)3/h8-9,12-16,18,27-28,31H,4-7,10-11H2,1-3H3/t18-/m1/s1. The normalized spacial score (nSPS) is 17.6. The van der Waals surface area contributed by atoms with Crippen LogP contribution in [0.1, 0.15) is 66.7 Å². The minimum atomic E-state index is -0.408. The fourth-order valence-corrected chi connectivity index (χ4v) is 5.56. The largest absolute Gasteiger partial charge is 0.505 e. The molecule has 0 spiro atoms. The van der Waals surface area contributed by atoms with Gasteiger partial charge < -0.3 is 20.6 Å². The Labute approximate surface area is 209 Å². The monoisotopic (exact) mass is 496 g/mol. The second-order valence-corrected chi connectivity index (χ2v) is 10.1. The van der Waals surface area contributed by atoms with Crippen molar-refractivity contribution in [2.75, 3.05) is 19.4 Å². The molecule has 1 saturated carbocycles. The van der Waals surface area contributed by atoms with Gasteiger partial charge in [-0.2, -0.15) is 0 Å². The molecule has 4 rings (SSSR count). The molecule has 3 amide bonds. The first-order valence-electron chi connectivity index (χ1n) is 12.1. The van der Waals surface area contributed by atoms with E-state index in [1.807, 2.05) is 24.4 Å². The van der Waals surface area contributed by atoms with Gasteiger partial charge in [0.2, 0.25) is 0 Å². The van der Waals surface area contributed by atoms with E-state index in [1.165, 1.54) is 15.9 Å². The summed E-state index contributed by atoms with van der Waals surface area (Å²) in [5.74, 6) is -1.38. The highest BCUT2D eigenvalue weighted by Gasteiger charge is 2.43. The minimum absolute atomic E-state index is 0.0975. The molecule has 1 fully saturated rings. The molecule has 1 atom stereocenters. The molecule has 2 aromatic rings. The number of carbonyl (C=O) groups is 3. The molecule has 35 heavy (non-hydrogen) atoms. The topological polar surface area (TPSA) is 102 Å². The fourth-order valence-electron chi connectivity index (χ4n) is 4.70. The van der Waals surface area contributed by atoms with Gasteiger partial charge in [-0.25, -0.2) is 0 Å². The number of thiophene rings is 1. The van der Waals surface area contributed by atoms with Crippen LogP contribution in [0, 0.1) is 0 Å². The number of nitrogens with zero attached hydrogens (tertiary/aromatic N) is 2. The molecule has 186 valence electrons. The van der Waals surface area contributed by atoms with Crippen LogP contribution in [0.4, 0.5) is 5.69 Å². The molecule has 2 heterocycles. The van der Waals surface area contributed by atoms with Crippen molar-refractivity contribution in [3.05, 3.63) is 57.5 Å². The fraction of sp³-hybridized carbons (Fsp3) is 0.423. The number of amides is 3. The lowest BCUT2D eigenvalue weighted by Gasteiger charge is -2.30. The lowest BCUT2D eigenvalue weighted by molar-refractivity contribution is -0.141. The number of hydrogen-bond acceptors (Lipinski definition) is 7. The Morgan fingerprint density at radius 3 is 2.46 bits per heavy atom. The van der Waals surface area contributed by atoms with Crippen LogP contribution >= 0.6 is 11.3 Å². The highest BCUT2D eigenvalue weighted by Crippen LogP contribution is 2.35. The predicted molar refractivity (Wildman–Crippen MR) is 136 cm³/mol. The first-order chi connectivity index (χ1) is 16.8. The first-order valence-corrected chi connectivity index (χ1v) is 12.9. The third-order valence-corrected chi connectivity index (χ3v) is 7.59. The Hall–Kier alpha value is -3.33. The van der Waals surface area contributed by atoms with E-state index in [0.29, 0.717) is 0 Å². The van der Waals surface area contributed by atoms with E-state index in [2.05, 4.69) is 10.6 Å². The summed E-state index contributed by atoms with van der Waals surface area (Å²) in [6.45, 7) is 2.02. The first kappa shape index (κ1) is 24.8. The van der Waals surface area contributed by atoms with Crippen LogP contribution in [0.3, 0.4) is 0 Å². The van der Waals surface area contributed by atoms with Crippen molar-refractivity contribution in [1.82, 2.24) is 15.1 Å². The summed E-state index contributed by atoms with van der Waals surface area (Å²) < 4.78 is 0. The van der Waals surface area contributed by atoms with Gasteiger partial charge in [0.1, 0.15) is 11.4 Å². The average Bonchev–Trinajstić information content (AvgIpc) is 3.46. The Balaban J connectivity index is 1.72. The highest BCUT2D eigenvalue weighted by atomic mass is 32.1. The second kappa shape index (κ2) is 10.5. The predicted octanol–water partition coefficient (Wildman–Crippen LogP) is 4.22. The van der Waals surface area contributed by atoms with Crippen LogP contribution in [0.5, 0.6) is 5.75 Å². The van der Waals surface area contributed by atoms with E-state index >= 15 is 0 Å². The van der Waals surface area contributed by atoms with Crippen molar-refractivity contribution < 1.29 is 19.5 Å². The molecular weight excluding hydrogens is 464 g/mol. The number of phenolic OH excluding ortho intramolecular Hbond substituents is 1. The van der Waals surface area contributed by atoms with Gasteiger partial charge in [-0.1, -0.05) is 38.3 Å². The van der Waals surface area contributed by atoms with Gasteiger partial charge in [-0.15, -0.1) is 11.3 Å². The van der Waals surface area contributed by atoms with Gasteiger partial charge in [0.15, 0.2) is 5.75 Å². The van der Waals surface area contributed by atoms with Crippen molar-refractivity contribution in [3.63, 3.8) is 0 Å². The van der Waals surface area contributed by atoms with Gasteiger partial charge in [0.25, 0.3) is 17.7 Å². The third kappa shape index (κ3) is 4.91. The maximum atomic E-state index is 13.6. The minimum Gasteiger partial charge on any atom is -0.505 e. The summed E-state index contributed by atoms with van der Waals surface area (Å²) in [7, 11) is 3.20. The number of para-hydroxylation sites is 1. The Bertz CT molecular complexity index is 1140. The quantitative estimate of drug-likeness (QED) is 0.374. The Kier molecular flexibility index (Phi) is 7.45. The molecular formula is C26H32N4O4S. The summed E-state index contributed by atoms with van der Waals surface area (Å²) in [5, 5.41) is 19.1. The van der Waals surface area contributed by atoms with Crippen molar-refractivity contribution in [1.29, 1.82) is 0 Å². The van der Waals surface area contributed by atoms with Crippen LogP contribution < -0.4 is 10.6 Å². The number of nitrogens with one attached hydrogen (secondary N) is 2. The molecule has 9 heteroatoms. The van der Waals surface area contributed by atoms with Gasteiger partial charge >= 0.3 is 0 Å². The Morgan fingerprint density at radius 2 is 1.83 bits per heavy atom. The molecule has 1 aliphatic heterocycles. The molecule has 0 radical (unpaired) electrons. The van der Waals surface area contributed by atoms with Gasteiger partial charge in [0, 0.05) is 25.0 Å². The highest BCUT2D eigenvalue weighted by molar-refractivity contribution is 7.10. The van der Waals surface area contributed by atoms with Crippen LogP contribution in [0.25, 0.3) is 0 Å². The van der Waals surface area contributed by atoms with Crippen LogP contribution in [-0.4, -0.2) is 52.8 Å². The second-order valence-electron chi connectivity index (χ2n) is 9.17. The van der Waals surface area contributed by atoms with Crippen molar-refractivity contribution in [2.24, 2.45) is 0 Å². The lowest BCUT2D eigenvalue weighted by atomic mass is 9.94.